The Morgan fingerprint density at radius 3 is 2.27 bits per heavy atom. The molecule has 0 aromatic heterocycles. The first-order chi connectivity index (χ1) is 12.4. The molecule has 8 heteroatoms. The van der Waals surface area contributed by atoms with E-state index < -0.39 is 29.6 Å². The van der Waals surface area contributed by atoms with Gasteiger partial charge < -0.3 is 10.2 Å². The van der Waals surface area contributed by atoms with Crippen LogP contribution in [-0.2, 0) is 9.59 Å². The van der Waals surface area contributed by atoms with Gasteiger partial charge in [-0.05, 0) is 17.7 Å². The highest BCUT2D eigenvalue weighted by atomic mass is 19.1. The normalized spacial score (nSPS) is 11.4. The maximum atomic E-state index is 14.4. The average molecular weight is 359 g/mol. The summed E-state index contributed by atoms with van der Waals surface area (Å²) in [7, 11) is 2.49. The largest absolute Gasteiger partial charge is 0.357 e. The highest BCUT2D eigenvalue weighted by Crippen LogP contribution is 2.24. The Labute approximate surface area is 149 Å². The number of benzene rings is 2. The van der Waals surface area contributed by atoms with Crippen molar-refractivity contribution < 1.29 is 24.0 Å². The van der Waals surface area contributed by atoms with Gasteiger partial charge in [0.2, 0.25) is 0 Å². The maximum absolute atomic E-state index is 14.4. The van der Waals surface area contributed by atoms with Crippen LogP contribution in [0.1, 0.15) is 10.4 Å². The molecule has 0 saturated carbocycles. The predicted molar refractivity (Wildman–Crippen MR) is 91.7 cm³/mol. The van der Waals surface area contributed by atoms with E-state index in [0.717, 1.165) is 11.0 Å². The van der Waals surface area contributed by atoms with Crippen molar-refractivity contribution >= 4 is 17.7 Å². The molecule has 0 radical (unpaired) electrons. The minimum atomic E-state index is -1.60. The zero-order chi connectivity index (χ0) is 19.3. The highest BCUT2D eigenvalue weighted by molar-refractivity contribution is 6.08. The third kappa shape index (κ3) is 3.86. The van der Waals surface area contributed by atoms with Gasteiger partial charge in [-0.1, -0.05) is 36.4 Å². The fourth-order valence-corrected chi connectivity index (χ4v) is 2.49. The van der Waals surface area contributed by atoms with Crippen LogP contribution in [0.3, 0.4) is 0 Å². The molecule has 26 heavy (non-hydrogen) atoms. The second-order valence-electron chi connectivity index (χ2n) is 5.47. The Morgan fingerprint density at radius 1 is 1.08 bits per heavy atom. The van der Waals surface area contributed by atoms with Crippen LogP contribution >= 0.6 is 0 Å². The second kappa shape index (κ2) is 8.21. The summed E-state index contributed by atoms with van der Waals surface area (Å²) in [6.07, 6.45) is 0. The van der Waals surface area contributed by atoms with Crippen LogP contribution < -0.4 is 10.8 Å². The zero-order valence-corrected chi connectivity index (χ0v) is 14.2. The SMILES string of the molecule is CNC(=O)C(C(=O)NO)N(C)C(=O)c1ccc(-c2ccccc2)c(F)c1. The Kier molecular flexibility index (Phi) is 6.03. The molecule has 1 atom stereocenters. The number of hydrogen-bond donors (Lipinski definition) is 3. The number of nitrogens with zero attached hydrogens (tertiary/aromatic N) is 1. The van der Waals surface area contributed by atoms with Gasteiger partial charge in [0, 0.05) is 25.2 Å². The van der Waals surface area contributed by atoms with Crippen molar-refractivity contribution in [2.75, 3.05) is 14.1 Å². The second-order valence-corrected chi connectivity index (χ2v) is 5.47. The molecule has 3 amide bonds. The van der Waals surface area contributed by atoms with Crippen molar-refractivity contribution in [2.45, 2.75) is 6.04 Å². The first-order valence-electron chi connectivity index (χ1n) is 7.68. The zero-order valence-electron chi connectivity index (χ0n) is 14.2. The number of carbonyl (C=O) groups is 3. The van der Waals surface area contributed by atoms with E-state index in [4.69, 9.17) is 5.21 Å². The Morgan fingerprint density at radius 2 is 1.73 bits per heavy atom. The molecular weight excluding hydrogens is 341 g/mol. The lowest BCUT2D eigenvalue weighted by molar-refractivity contribution is -0.140. The van der Waals surface area contributed by atoms with Gasteiger partial charge in [0.15, 0.2) is 6.04 Å². The molecule has 0 fully saturated rings. The van der Waals surface area contributed by atoms with E-state index in [1.165, 1.54) is 31.7 Å². The van der Waals surface area contributed by atoms with Crippen molar-refractivity contribution in [1.82, 2.24) is 15.7 Å². The third-order valence-corrected chi connectivity index (χ3v) is 3.86. The van der Waals surface area contributed by atoms with E-state index in [9.17, 15) is 18.8 Å². The topological polar surface area (TPSA) is 98.7 Å². The summed E-state index contributed by atoms with van der Waals surface area (Å²) < 4.78 is 14.4. The van der Waals surface area contributed by atoms with Gasteiger partial charge in [0.05, 0.1) is 0 Å². The molecule has 2 aromatic carbocycles. The smallest absolute Gasteiger partial charge is 0.275 e. The Hall–Kier alpha value is -3.26. The molecular formula is C18H18FN3O4. The first-order valence-corrected chi connectivity index (χ1v) is 7.68. The van der Waals surface area contributed by atoms with E-state index in [0.29, 0.717) is 11.1 Å². The average Bonchev–Trinajstić information content (AvgIpc) is 2.67. The summed E-state index contributed by atoms with van der Waals surface area (Å²) in [4.78, 5) is 36.9. The summed E-state index contributed by atoms with van der Waals surface area (Å²) >= 11 is 0. The Bertz CT molecular complexity index is 810. The molecule has 0 spiro atoms. The van der Waals surface area contributed by atoms with Crippen molar-refractivity contribution in [1.29, 1.82) is 0 Å². The molecule has 2 rings (SSSR count). The minimum Gasteiger partial charge on any atom is -0.357 e. The monoisotopic (exact) mass is 359 g/mol. The van der Waals surface area contributed by atoms with E-state index in [-0.39, 0.29) is 5.56 Å². The maximum Gasteiger partial charge on any atom is 0.275 e. The van der Waals surface area contributed by atoms with Crippen LogP contribution in [0, 0.1) is 5.82 Å². The van der Waals surface area contributed by atoms with E-state index in [1.54, 1.807) is 30.3 Å². The summed E-state index contributed by atoms with van der Waals surface area (Å²) in [5.74, 6) is -3.24. The van der Waals surface area contributed by atoms with Crippen molar-refractivity contribution in [3.8, 4) is 11.1 Å². The predicted octanol–water partition coefficient (Wildman–Crippen LogP) is 1.18. The van der Waals surface area contributed by atoms with Crippen LogP contribution in [0.2, 0.25) is 0 Å². The van der Waals surface area contributed by atoms with Crippen LogP contribution in [0.5, 0.6) is 0 Å². The summed E-state index contributed by atoms with van der Waals surface area (Å²) in [5.41, 5.74) is 2.28. The lowest BCUT2D eigenvalue weighted by atomic mass is 10.0. The fourth-order valence-electron chi connectivity index (χ4n) is 2.49. The molecule has 0 aliphatic rings. The molecule has 1 unspecified atom stereocenters. The van der Waals surface area contributed by atoms with Crippen molar-refractivity contribution in [2.24, 2.45) is 0 Å². The summed E-state index contributed by atoms with van der Waals surface area (Å²) in [5, 5.41) is 11.0. The molecule has 0 saturated heterocycles. The molecule has 136 valence electrons. The van der Waals surface area contributed by atoms with Gasteiger partial charge in [-0.3, -0.25) is 19.6 Å². The number of likely N-dealkylation sites (N-methyl/N-ethyl adjacent to an activating group) is 2. The number of hydroxylamine groups is 1. The van der Waals surface area contributed by atoms with Gasteiger partial charge in [0.1, 0.15) is 5.82 Å². The molecule has 0 aliphatic heterocycles. The van der Waals surface area contributed by atoms with E-state index in [2.05, 4.69) is 5.32 Å². The molecule has 0 heterocycles. The van der Waals surface area contributed by atoms with E-state index >= 15 is 0 Å². The quantitative estimate of drug-likeness (QED) is 0.424. The van der Waals surface area contributed by atoms with E-state index in [1.807, 2.05) is 0 Å². The number of carbonyl (C=O) groups excluding carboxylic acids is 3. The fraction of sp³-hybridized carbons (Fsp3) is 0.167. The standard InChI is InChI=1S/C18H18FN3O4/c1-20-16(23)15(17(24)21-26)22(2)18(25)12-8-9-13(14(19)10-12)11-6-4-3-5-7-11/h3-10,15,26H,1-2H3,(H,20,23)(H,21,24). The molecule has 3 N–H and O–H groups in total. The molecule has 0 aliphatic carbocycles. The first kappa shape index (κ1) is 19.1. The summed E-state index contributed by atoms with van der Waals surface area (Å²) in [6, 6.07) is 11.1. The molecule has 2 aromatic rings. The number of halogens is 1. The third-order valence-electron chi connectivity index (χ3n) is 3.86. The van der Waals surface area contributed by atoms with Crippen LogP contribution in [0.4, 0.5) is 4.39 Å². The summed E-state index contributed by atoms with van der Waals surface area (Å²) in [6.45, 7) is 0. The number of hydrogen-bond acceptors (Lipinski definition) is 4. The van der Waals surface area contributed by atoms with Gasteiger partial charge in [-0.2, -0.15) is 0 Å². The van der Waals surface area contributed by atoms with Gasteiger partial charge >= 0.3 is 0 Å². The van der Waals surface area contributed by atoms with Gasteiger partial charge in [0.25, 0.3) is 17.7 Å². The van der Waals surface area contributed by atoms with Gasteiger partial charge in [-0.15, -0.1) is 0 Å². The lowest BCUT2D eigenvalue weighted by Crippen LogP contribution is -2.54. The lowest BCUT2D eigenvalue weighted by Gasteiger charge is -2.25. The van der Waals surface area contributed by atoms with Crippen molar-refractivity contribution in [3.63, 3.8) is 0 Å². The minimum absolute atomic E-state index is 0.0377. The molecule has 0 bridgehead atoms. The highest BCUT2D eigenvalue weighted by Gasteiger charge is 2.33. The number of amides is 3. The van der Waals surface area contributed by atoms with Crippen LogP contribution in [0.25, 0.3) is 11.1 Å². The van der Waals surface area contributed by atoms with Crippen LogP contribution in [-0.4, -0.2) is 48.0 Å². The van der Waals surface area contributed by atoms with Crippen molar-refractivity contribution in [3.05, 3.63) is 59.9 Å². The van der Waals surface area contributed by atoms with Gasteiger partial charge in [-0.25, -0.2) is 9.87 Å². The number of rotatable bonds is 5. The van der Waals surface area contributed by atoms with Crippen LogP contribution in [0.15, 0.2) is 48.5 Å². The Balaban J connectivity index is 2.32. The molecule has 7 nitrogen and oxygen atoms in total. The number of nitrogens with one attached hydrogen (secondary N) is 2.